The fourth-order valence-electron chi connectivity index (χ4n) is 2.03. The Labute approximate surface area is 92.4 Å². The van der Waals surface area contributed by atoms with Crippen molar-refractivity contribution in [2.75, 3.05) is 18.9 Å². The average molecular weight is 219 g/mol. The summed E-state index contributed by atoms with van der Waals surface area (Å²) in [5.41, 5.74) is 6.57. The fraction of sp³-hybridized carbons (Fsp3) is 0.500. The van der Waals surface area contributed by atoms with Crippen LogP contribution in [-0.2, 0) is 4.74 Å². The second-order valence-electron chi connectivity index (χ2n) is 3.95. The van der Waals surface area contributed by atoms with Crippen molar-refractivity contribution in [1.29, 1.82) is 0 Å². The highest BCUT2D eigenvalue weighted by Gasteiger charge is 2.17. The predicted molar refractivity (Wildman–Crippen MR) is 58.0 cm³/mol. The third kappa shape index (κ3) is 1.61. The van der Waals surface area contributed by atoms with Crippen LogP contribution in [0.2, 0.25) is 0 Å². The molecule has 1 fully saturated rings. The van der Waals surface area contributed by atoms with E-state index in [9.17, 15) is 0 Å². The normalized spacial score (nSPS) is 18.0. The number of anilines is 1. The lowest BCUT2D eigenvalue weighted by Gasteiger charge is -2.21. The number of nitrogen functional groups attached to an aromatic ring is 1. The van der Waals surface area contributed by atoms with Crippen molar-refractivity contribution in [2.45, 2.75) is 18.8 Å². The summed E-state index contributed by atoms with van der Waals surface area (Å²) in [4.78, 5) is 8.53. The third-order valence-electron chi connectivity index (χ3n) is 2.88. The van der Waals surface area contributed by atoms with Crippen molar-refractivity contribution in [3.8, 4) is 0 Å². The number of fused-ring (bicyclic) bond motifs is 1. The van der Waals surface area contributed by atoms with Gasteiger partial charge in [0.15, 0.2) is 0 Å². The molecule has 2 N–H and O–H groups in total. The van der Waals surface area contributed by atoms with E-state index in [0.717, 1.165) is 31.7 Å². The van der Waals surface area contributed by atoms with Crippen molar-refractivity contribution in [3.05, 3.63) is 18.0 Å². The first kappa shape index (κ1) is 9.53. The molecule has 2 aromatic rings. The molecule has 1 aliphatic heterocycles. The van der Waals surface area contributed by atoms with Crippen LogP contribution < -0.4 is 5.73 Å². The van der Waals surface area contributed by atoms with Crippen LogP contribution in [0.15, 0.2) is 12.3 Å². The van der Waals surface area contributed by atoms with Gasteiger partial charge in [-0.2, -0.15) is 4.98 Å². The molecule has 0 radical (unpaired) electrons. The lowest BCUT2D eigenvalue weighted by molar-refractivity contribution is 0.0845. The van der Waals surface area contributed by atoms with Gasteiger partial charge in [0.2, 0.25) is 5.95 Å². The highest BCUT2D eigenvalue weighted by molar-refractivity contribution is 5.34. The molecule has 2 aromatic heterocycles. The van der Waals surface area contributed by atoms with Crippen LogP contribution in [0.1, 0.15) is 24.5 Å². The zero-order valence-electron chi connectivity index (χ0n) is 8.83. The van der Waals surface area contributed by atoms with E-state index in [1.165, 1.54) is 0 Å². The van der Waals surface area contributed by atoms with Gasteiger partial charge in [-0.25, -0.2) is 9.50 Å². The molecule has 0 aliphatic carbocycles. The van der Waals surface area contributed by atoms with E-state index >= 15 is 0 Å². The van der Waals surface area contributed by atoms with E-state index in [-0.39, 0.29) is 5.95 Å². The molecular formula is C10H13N5O. The van der Waals surface area contributed by atoms with Gasteiger partial charge in [0, 0.05) is 31.0 Å². The smallest absolute Gasteiger partial charge is 0.254 e. The van der Waals surface area contributed by atoms with Crippen LogP contribution in [0.25, 0.3) is 5.78 Å². The number of nitrogens with two attached hydrogens (primary N) is 1. The minimum atomic E-state index is 0.261. The Morgan fingerprint density at radius 3 is 2.94 bits per heavy atom. The Kier molecular flexibility index (Phi) is 2.21. The van der Waals surface area contributed by atoms with Gasteiger partial charge in [-0.05, 0) is 18.9 Å². The monoisotopic (exact) mass is 219 g/mol. The van der Waals surface area contributed by atoms with Crippen LogP contribution >= 0.6 is 0 Å². The molecular weight excluding hydrogens is 206 g/mol. The van der Waals surface area contributed by atoms with Crippen LogP contribution in [0.4, 0.5) is 5.95 Å². The summed E-state index contributed by atoms with van der Waals surface area (Å²) in [6.07, 6.45) is 3.90. The minimum absolute atomic E-state index is 0.261. The highest BCUT2D eigenvalue weighted by Crippen LogP contribution is 2.25. The SMILES string of the molecule is Nc1nc2nc(C3CCOCC3)ccn2n1. The van der Waals surface area contributed by atoms with E-state index < -0.39 is 0 Å². The first-order chi connectivity index (χ1) is 7.83. The predicted octanol–water partition coefficient (Wildman–Crippen LogP) is 0.600. The van der Waals surface area contributed by atoms with E-state index in [4.69, 9.17) is 10.5 Å². The Bertz CT molecular complexity index is 503. The third-order valence-corrected chi connectivity index (χ3v) is 2.88. The second-order valence-corrected chi connectivity index (χ2v) is 3.95. The van der Waals surface area contributed by atoms with Crippen LogP contribution in [-0.4, -0.2) is 32.8 Å². The number of hydrogen-bond donors (Lipinski definition) is 1. The molecule has 0 spiro atoms. The molecule has 84 valence electrons. The molecule has 3 rings (SSSR count). The minimum Gasteiger partial charge on any atom is -0.381 e. The van der Waals surface area contributed by atoms with Gasteiger partial charge >= 0.3 is 0 Å². The van der Waals surface area contributed by atoms with Crippen LogP contribution in [0.5, 0.6) is 0 Å². The molecule has 0 unspecified atom stereocenters. The lowest BCUT2D eigenvalue weighted by atomic mass is 9.96. The summed E-state index contributed by atoms with van der Waals surface area (Å²) < 4.78 is 6.93. The number of rotatable bonds is 1. The largest absolute Gasteiger partial charge is 0.381 e. The summed E-state index contributed by atoms with van der Waals surface area (Å²) in [7, 11) is 0. The highest BCUT2D eigenvalue weighted by atomic mass is 16.5. The average Bonchev–Trinajstić information content (AvgIpc) is 2.69. The first-order valence-electron chi connectivity index (χ1n) is 5.39. The van der Waals surface area contributed by atoms with Gasteiger partial charge in [0.1, 0.15) is 0 Å². The summed E-state index contributed by atoms with van der Waals surface area (Å²) in [6, 6.07) is 1.98. The standard InChI is InChI=1S/C10H13N5O/c11-9-13-10-12-8(1-4-15(10)14-9)7-2-5-16-6-3-7/h1,4,7H,2-3,5-6H2,(H2,11,14). The van der Waals surface area contributed by atoms with Gasteiger partial charge in [-0.1, -0.05) is 0 Å². The number of aromatic nitrogens is 4. The number of ether oxygens (including phenoxy) is 1. The molecule has 0 bridgehead atoms. The van der Waals surface area contributed by atoms with Crippen molar-refractivity contribution in [1.82, 2.24) is 19.6 Å². The van der Waals surface area contributed by atoms with Crippen LogP contribution in [0, 0.1) is 0 Å². The molecule has 0 saturated carbocycles. The maximum absolute atomic E-state index is 5.52. The summed E-state index contributed by atoms with van der Waals surface area (Å²) in [6.45, 7) is 1.62. The van der Waals surface area contributed by atoms with Crippen molar-refractivity contribution in [3.63, 3.8) is 0 Å². The Morgan fingerprint density at radius 2 is 2.12 bits per heavy atom. The second kappa shape index (κ2) is 3.71. The molecule has 3 heterocycles. The molecule has 6 nitrogen and oxygen atoms in total. The van der Waals surface area contributed by atoms with E-state index in [0.29, 0.717) is 11.7 Å². The summed E-state index contributed by atoms with van der Waals surface area (Å²) >= 11 is 0. The molecule has 6 heteroatoms. The lowest BCUT2D eigenvalue weighted by Crippen LogP contribution is -2.15. The maximum Gasteiger partial charge on any atom is 0.254 e. The summed E-state index contributed by atoms with van der Waals surface area (Å²) in [5.74, 6) is 1.30. The Morgan fingerprint density at radius 1 is 1.31 bits per heavy atom. The van der Waals surface area contributed by atoms with Gasteiger partial charge in [-0.3, -0.25) is 0 Å². The molecule has 0 amide bonds. The zero-order valence-corrected chi connectivity index (χ0v) is 8.83. The molecule has 1 aliphatic rings. The molecule has 0 atom stereocenters. The van der Waals surface area contributed by atoms with Gasteiger partial charge in [0.25, 0.3) is 5.78 Å². The van der Waals surface area contributed by atoms with Crippen molar-refractivity contribution >= 4 is 11.7 Å². The number of nitrogens with zero attached hydrogens (tertiary/aromatic N) is 4. The molecule has 0 aromatic carbocycles. The Balaban J connectivity index is 1.97. The number of hydrogen-bond acceptors (Lipinski definition) is 5. The van der Waals surface area contributed by atoms with Gasteiger partial charge in [0.05, 0.1) is 0 Å². The van der Waals surface area contributed by atoms with E-state index in [2.05, 4.69) is 15.1 Å². The maximum atomic E-state index is 5.52. The van der Waals surface area contributed by atoms with Gasteiger partial charge in [-0.15, -0.1) is 5.10 Å². The quantitative estimate of drug-likeness (QED) is 0.759. The topological polar surface area (TPSA) is 78.3 Å². The zero-order chi connectivity index (χ0) is 11.0. The first-order valence-corrected chi connectivity index (χ1v) is 5.39. The Hall–Kier alpha value is -1.69. The van der Waals surface area contributed by atoms with E-state index in [1.807, 2.05) is 12.3 Å². The van der Waals surface area contributed by atoms with Crippen LogP contribution in [0.3, 0.4) is 0 Å². The van der Waals surface area contributed by atoms with Crippen molar-refractivity contribution in [2.24, 2.45) is 0 Å². The molecule has 16 heavy (non-hydrogen) atoms. The fourth-order valence-corrected chi connectivity index (χ4v) is 2.03. The molecule has 1 saturated heterocycles. The van der Waals surface area contributed by atoms with E-state index in [1.54, 1.807) is 4.52 Å². The van der Waals surface area contributed by atoms with Gasteiger partial charge < -0.3 is 10.5 Å². The van der Waals surface area contributed by atoms with Crippen molar-refractivity contribution < 1.29 is 4.74 Å². The summed E-state index contributed by atoms with van der Waals surface area (Å²) in [5, 5.41) is 4.00.